The fraction of sp³-hybridized carbons (Fsp3) is 0.0833. The molecule has 0 saturated carbocycles. The van der Waals surface area contributed by atoms with E-state index in [1.54, 1.807) is 0 Å². The second-order valence-electron chi connectivity index (χ2n) is 6.44. The van der Waals surface area contributed by atoms with Gasteiger partial charge in [-0.15, -0.1) is 0 Å². The first-order valence-electron chi connectivity index (χ1n) is 8.70. The lowest BCUT2D eigenvalue weighted by Crippen LogP contribution is -1.89. The summed E-state index contributed by atoms with van der Waals surface area (Å²) in [4.78, 5) is 0. The molecule has 0 atom stereocenters. The van der Waals surface area contributed by atoms with Gasteiger partial charge in [0.05, 0.1) is 0 Å². The summed E-state index contributed by atoms with van der Waals surface area (Å²) in [7, 11) is 0. The van der Waals surface area contributed by atoms with Gasteiger partial charge in [0, 0.05) is 10.8 Å². The van der Waals surface area contributed by atoms with Gasteiger partial charge >= 0.3 is 0 Å². The summed E-state index contributed by atoms with van der Waals surface area (Å²) >= 11 is 0. The number of rotatable bonds is 4. The van der Waals surface area contributed by atoms with Gasteiger partial charge < -0.3 is 9.47 Å². The van der Waals surface area contributed by atoms with E-state index < -0.39 is 0 Å². The van der Waals surface area contributed by atoms with Crippen LogP contribution >= 0.6 is 0 Å². The minimum absolute atomic E-state index is 0.820. The Hall–Kier alpha value is -3.26. The van der Waals surface area contributed by atoms with Gasteiger partial charge in [0.25, 0.3) is 0 Å². The molecule has 0 N–H and O–H groups in total. The molecule has 4 aromatic rings. The molecule has 0 fully saturated rings. The van der Waals surface area contributed by atoms with Gasteiger partial charge in [0.15, 0.2) is 0 Å². The van der Waals surface area contributed by atoms with Gasteiger partial charge in [-0.1, -0.05) is 59.7 Å². The fourth-order valence-corrected chi connectivity index (χ4v) is 2.90. The Bertz CT molecular complexity index is 945. The third kappa shape index (κ3) is 3.40. The van der Waals surface area contributed by atoms with Crippen LogP contribution in [0.5, 0.6) is 23.0 Å². The van der Waals surface area contributed by atoms with Crippen LogP contribution in [0.3, 0.4) is 0 Å². The van der Waals surface area contributed by atoms with E-state index >= 15 is 0 Å². The molecule has 0 bridgehead atoms. The highest BCUT2D eigenvalue weighted by Crippen LogP contribution is 2.36. The molecular formula is C24H20O2. The highest BCUT2D eigenvalue weighted by molar-refractivity contribution is 5.93. The first-order valence-corrected chi connectivity index (χ1v) is 8.70. The topological polar surface area (TPSA) is 18.5 Å². The lowest BCUT2D eigenvalue weighted by atomic mass is 10.1. The highest BCUT2D eigenvalue weighted by Gasteiger charge is 2.08. The van der Waals surface area contributed by atoms with Crippen LogP contribution in [0, 0.1) is 13.8 Å². The van der Waals surface area contributed by atoms with Crippen molar-refractivity contribution in [2.45, 2.75) is 13.8 Å². The first kappa shape index (κ1) is 16.2. The molecule has 0 saturated heterocycles. The summed E-state index contributed by atoms with van der Waals surface area (Å²) < 4.78 is 12.2. The van der Waals surface area contributed by atoms with Crippen molar-refractivity contribution in [3.05, 3.63) is 96.1 Å². The number of fused-ring (bicyclic) bond motifs is 1. The minimum Gasteiger partial charge on any atom is -0.457 e. The number of hydrogen-bond donors (Lipinski definition) is 0. The van der Waals surface area contributed by atoms with E-state index in [1.165, 1.54) is 11.1 Å². The van der Waals surface area contributed by atoms with Crippen LogP contribution in [0.1, 0.15) is 11.1 Å². The molecule has 4 rings (SSSR count). The highest BCUT2D eigenvalue weighted by atomic mass is 16.5. The van der Waals surface area contributed by atoms with Crippen LogP contribution in [0.4, 0.5) is 0 Å². The molecule has 0 aliphatic rings. The molecule has 4 aromatic carbocycles. The molecule has 0 aromatic heterocycles. The predicted octanol–water partition coefficient (Wildman–Crippen LogP) is 7.04. The molecular weight excluding hydrogens is 320 g/mol. The maximum Gasteiger partial charge on any atom is 0.135 e. The first-order chi connectivity index (χ1) is 12.7. The second kappa shape index (κ2) is 6.93. The monoisotopic (exact) mass is 340 g/mol. The summed E-state index contributed by atoms with van der Waals surface area (Å²) in [5, 5.41) is 2.05. The lowest BCUT2D eigenvalue weighted by molar-refractivity contribution is 0.483. The maximum absolute atomic E-state index is 6.11. The van der Waals surface area contributed by atoms with Crippen molar-refractivity contribution >= 4 is 10.8 Å². The molecule has 26 heavy (non-hydrogen) atoms. The van der Waals surface area contributed by atoms with Gasteiger partial charge in [-0.2, -0.15) is 0 Å². The average Bonchev–Trinajstić information content (AvgIpc) is 2.66. The fourth-order valence-electron chi connectivity index (χ4n) is 2.90. The summed E-state index contributed by atoms with van der Waals surface area (Å²) in [5.41, 5.74) is 2.42. The number of benzene rings is 4. The van der Waals surface area contributed by atoms with Crippen LogP contribution in [0.2, 0.25) is 0 Å². The molecule has 0 radical (unpaired) electrons. The van der Waals surface area contributed by atoms with E-state index in [0.29, 0.717) is 0 Å². The van der Waals surface area contributed by atoms with Gasteiger partial charge in [0.2, 0.25) is 0 Å². The maximum atomic E-state index is 6.11. The van der Waals surface area contributed by atoms with Gasteiger partial charge in [0.1, 0.15) is 23.0 Å². The Morgan fingerprint density at radius 1 is 0.462 bits per heavy atom. The molecule has 0 aliphatic heterocycles. The Morgan fingerprint density at radius 3 is 1.23 bits per heavy atom. The van der Waals surface area contributed by atoms with Crippen LogP contribution in [-0.2, 0) is 0 Å². The van der Waals surface area contributed by atoms with Crippen molar-refractivity contribution < 1.29 is 9.47 Å². The largest absolute Gasteiger partial charge is 0.457 e. The third-order valence-electron chi connectivity index (χ3n) is 4.34. The van der Waals surface area contributed by atoms with Crippen molar-refractivity contribution in [1.82, 2.24) is 0 Å². The zero-order chi connectivity index (χ0) is 17.9. The second-order valence-corrected chi connectivity index (χ2v) is 6.44. The Morgan fingerprint density at radius 2 is 0.846 bits per heavy atom. The van der Waals surface area contributed by atoms with Crippen molar-refractivity contribution in [1.29, 1.82) is 0 Å². The smallest absolute Gasteiger partial charge is 0.135 e. The number of ether oxygens (including phenoxy) is 2. The SMILES string of the molecule is Cc1ccc(Oc2cccc3c(Oc4ccc(C)cc4)cccc23)cc1. The summed E-state index contributed by atoms with van der Waals surface area (Å²) in [6.07, 6.45) is 0. The minimum atomic E-state index is 0.820. The van der Waals surface area contributed by atoms with E-state index in [4.69, 9.17) is 9.47 Å². The Kier molecular flexibility index (Phi) is 4.32. The van der Waals surface area contributed by atoms with E-state index in [2.05, 4.69) is 26.0 Å². The van der Waals surface area contributed by atoms with E-state index in [9.17, 15) is 0 Å². The molecule has 0 unspecified atom stereocenters. The van der Waals surface area contributed by atoms with Crippen molar-refractivity contribution in [2.75, 3.05) is 0 Å². The molecule has 0 amide bonds. The normalized spacial score (nSPS) is 10.7. The van der Waals surface area contributed by atoms with Crippen LogP contribution in [-0.4, -0.2) is 0 Å². The molecule has 0 spiro atoms. The van der Waals surface area contributed by atoms with Crippen LogP contribution in [0.15, 0.2) is 84.9 Å². The molecule has 128 valence electrons. The number of hydrogen-bond acceptors (Lipinski definition) is 2. The van der Waals surface area contributed by atoms with Crippen molar-refractivity contribution in [2.24, 2.45) is 0 Å². The molecule has 0 aliphatic carbocycles. The standard InChI is InChI=1S/C24H20O2/c1-17-9-13-19(14-10-17)25-23-7-3-6-22-21(23)5-4-8-24(22)26-20-15-11-18(2)12-16-20/h3-16H,1-2H3. The zero-order valence-corrected chi connectivity index (χ0v) is 14.9. The van der Waals surface area contributed by atoms with Gasteiger partial charge in [-0.3, -0.25) is 0 Å². The molecule has 0 heterocycles. The Labute approximate surface area is 153 Å². The van der Waals surface area contributed by atoms with E-state index in [0.717, 1.165) is 33.8 Å². The summed E-state index contributed by atoms with van der Waals surface area (Å²) in [5.74, 6) is 3.29. The van der Waals surface area contributed by atoms with Gasteiger partial charge in [-0.25, -0.2) is 0 Å². The van der Waals surface area contributed by atoms with Crippen LogP contribution in [0.25, 0.3) is 10.8 Å². The predicted molar refractivity (Wildman–Crippen MR) is 106 cm³/mol. The summed E-state index contributed by atoms with van der Waals surface area (Å²) in [6, 6.07) is 28.2. The van der Waals surface area contributed by atoms with Crippen LogP contribution < -0.4 is 9.47 Å². The quantitative estimate of drug-likeness (QED) is 0.396. The van der Waals surface area contributed by atoms with Gasteiger partial charge in [-0.05, 0) is 50.2 Å². The van der Waals surface area contributed by atoms with Crippen molar-refractivity contribution in [3.63, 3.8) is 0 Å². The summed E-state index contributed by atoms with van der Waals surface area (Å²) in [6.45, 7) is 4.13. The van der Waals surface area contributed by atoms with E-state index in [1.807, 2.05) is 72.8 Å². The number of aryl methyl sites for hydroxylation is 2. The zero-order valence-electron chi connectivity index (χ0n) is 14.9. The average molecular weight is 340 g/mol. The molecule has 2 nitrogen and oxygen atoms in total. The molecule has 2 heteroatoms. The van der Waals surface area contributed by atoms with Crippen molar-refractivity contribution in [3.8, 4) is 23.0 Å². The lowest BCUT2D eigenvalue weighted by Gasteiger charge is -2.13. The third-order valence-corrected chi connectivity index (χ3v) is 4.34. The van der Waals surface area contributed by atoms with E-state index in [-0.39, 0.29) is 0 Å². The Balaban J connectivity index is 1.70.